The third-order valence-corrected chi connectivity index (χ3v) is 5.42. The van der Waals surface area contributed by atoms with E-state index >= 15 is 0 Å². The first-order chi connectivity index (χ1) is 16.5. The van der Waals surface area contributed by atoms with E-state index in [0.717, 1.165) is 17.7 Å². The van der Waals surface area contributed by atoms with Crippen LogP contribution in [0.3, 0.4) is 0 Å². The molecule has 0 atom stereocenters. The van der Waals surface area contributed by atoms with E-state index in [4.69, 9.17) is 16.3 Å². The second-order valence-corrected chi connectivity index (χ2v) is 8.10. The summed E-state index contributed by atoms with van der Waals surface area (Å²) in [6.45, 7) is 1.81. The zero-order valence-electron chi connectivity index (χ0n) is 18.4. The molecule has 4 aromatic rings. The number of nitrogens with zero attached hydrogens (tertiary/aromatic N) is 2. The lowest BCUT2D eigenvalue weighted by Crippen LogP contribution is -2.20. The van der Waals surface area contributed by atoms with Crippen molar-refractivity contribution in [2.45, 2.75) is 13.1 Å². The van der Waals surface area contributed by atoms with E-state index < -0.39 is 22.8 Å². The molecule has 0 aliphatic rings. The van der Waals surface area contributed by atoms with Gasteiger partial charge in [-0.25, -0.2) is 9.78 Å². The van der Waals surface area contributed by atoms with Crippen LogP contribution < -0.4 is 20.9 Å². The minimum absolute atomic E-state index is 0.0717. The maximum absolute atomic E-state index is 13.1. The summed E-state index contributed by atoms with van der Waals surface area (Å²) in [6, 6.07) is 12.1. The first kappa shape index (κ1) is 24.1. The number of alkyl halides is 3. The topological polar surface area (TPSA) is 85.3 Å². The van der Waals surface area contributed by atoms with Crippen molar-refractivity contribution in [2.75, 3.05) is 10.6 Å². The van der Waals surface area contributed by atoms with E-state index in [1.165, 1.54) is 17.0 Å². The fourth-order valence-corrected chi connectivity index (χ4v) is 3.51. The van der Waals surface area contributed by atoms with Crippen molar-refractivity contribution in [3.63, 3.8) is 0 Å². The maximum atomic E-state index is 13.1. The van der Waals surface area contributed by atoms with E-state index in [0.29, 0.717) is 28.1 Å². The van der Waals surface area contributed by atoms with Gasteiger partial charge >= 0.3 is 12.2 Å². The highest BCUT2D eigenvalue weighted by atomic mass is 35.5. The average Bonchev–Trinajstić information content (AvgIpc) is 2.79. The number of halogens is 4. The van der Waals surface area contributed by atoms with Crippen LogP contribution in [0.1, 0.15) is 11.1 Å². The van der Waals surface area contributed by atoms with Crippen LogP contribution in [0.4, 0.5) is 29.3 Å². The zero-order valence-corrected chi connectivity index (χ0v) is 19.2. The summed E-state index contributed by atoms with van der Waals surface area (Å²) in [6.07, 6.45) is -3.24. The van der Waals surface area contributed by atoms with Gasteiger partial charge in [0.05, 0.1) is 27.8 Å². The Labute approximate surface area is 202 Å². The molecule has 180 valence electrons. The number of aryl methyl sites for hydroxylation is 2. The van der Waals surface area contributed by atoms with Gasteiger partial charge in [0.2, 0.25) is 0 Å². The lowest BCUT2D eigenvalue weighted by atomic mass is 10.2. The molecule has 0 aliphatic heterocycles. The number of urea groups is 1. The lowest BCUT2D eigenvalue weighted by Gasteiger charge is -2.14. The molecule has 1 aromatic heterocycles. The molecule has 2 N–H and O–H groups in total. The second-order valence-electron chi connectivity index (χ2n) is 7.69. The number of aromatic nitrogens is 2. The number of amides is 2. The van der Waals surface area contributed by atoms with E-state index in [2.05, 4.69) is 15.6 Å². The number of carbonyl (C=O) groups excluding carboxylic acids is 1. The highest BCUT2D eigenvalue weighted by molar-refractivity contribution is 6.31. The van der Waals surface area contributed by atoms with Crippen molar-refractivity contribution in [2.24, 2.45) is 7.05 Å². The number of nitrogens with one attached hydrogen (secondary N) is 2. The molecule has 0 saturated heterocycles. The monoisotopic (exact) mass is 502 g/mol. The van der Waals surface area contributed by atoms with Crippen molar-refractivity contribution in [3.05, 3.63) is 87.4 Å². The van der Waals surface area contributed by atoms with Gasteiger partial charge in [-0.05, 0) is 48.9 Å². The molecule has 3 aromatic carbocycles. The summed E-state index contributed by atoms with van der Waals surface area (Å²) in [5.41, 5.74) is 0.279. The number of benzene rings is 3. The van der Waals surface area contributed by atoms with Gasteiger partial charge in [0.25, 0.3) is 5.56 Å². The molecule has 1 heterocycles. The van der Waals surface area contributed by atoms with Gasteiger partial charge in [0.15, 0.2) is 0 Å². The second kappa shape index (κ2) is 9.30. The van der Waals surface area contributed by atoms with Crippen LogP contribution in [0.25, 0.3) is 10.9 Å². The average molecular weight is 503 g/mol. The van der Waals surface area contributed by atoms with Gasteiger partial charge in [-0.1, -0.05) is 17.7 Å². The highest BCUT2D eigenvalue weighted by Gasteiger charge is 2.33. The predicted octanol–water partition coefficient (Wildman–Crippen LogP) is 6.35. The Bertz CT molecular complexity index is 1500. The van der Waals surface area contributed by atoms with Crippen LogP contribution in [0.2, 0.25) is 5.02 Å². The Morgan fingerprint density at radius 2 is 1.71 bits per heavy atom. The van der Waals surface area contributed by atoms with E-state index in [9.17, 15) is 22.8 Å². The van der Waals surface area contributed by atoms with Gasteiger partial charge in [-0.15, -0.1) is 0 Å². The van der Waals surface area contributed by atoms with Gasteiger partial charge in [0.1, 0.15) is 11.5 Å². The third-order valence-electron chi connectivity index (χ3n) is 5.09. The van der Waals surface area contributed by atoms with Gasteiger partial charge in [-0.2, -0.15) is 13.2 Å². The molecule has 0 spiro atoms. The molecule has 0 unspecified atom stereocenters. The summed E-state index contributed by atoms with van der Waals surface area (Å²) in [5, 5.41) is 4.90. The van der Waals surface area contributed by atoms with E-state index in [-0.39, 0.29) is 11.2 Å². The zero-order chi connectivity index (χ0) is 25.3. The largest absolute Gasteiger partial charge is 0.457 e. The fourth-order valence-electron chi connectivity index (χ4n) is 3.28. The number of rotatable bonds is 4. The standard InChI is InChI=1S/C24H18ClF3N4O3/c1-13-3-4-15(31-23(34)30-14-5-8-19(25)18(9-14)24(26,27)28)10-21(13)35-16-6-7-17-20(11-16)29-12-32(2)22(17)33/h3-12H,1-2H3,(H2,30,31,34). The van der Waals surface area contributed by atoms with Gasteiger partial charge in [0, 0.05) is 30.6 Å². The van der Waals surface area contributed by atoms with Crippen molar-refractivity contribution >= 4 is 39.9 Å². The highest BCUT2D eigenvalue weighted by Crippen LogP contribution is 2.36. The summed E-state index contributed by atoms with van der Waals surface area (Å²) in [5.74, 6) is 0.862. The quantitative estimate of drug-likeness (QED) is 0.340. The van der Waals surface area contributed by atoms with Crippen molar-refractivity contribution < 1.29 is 22.7 Å². The number of hydrogen-bond donors (Lipinski definition) is 2. The summed E-state index contributed by atoms with van der Waals surface area (Å²) >= 11 is 5.61. The SMILES string of the molecule is Cc1ccc(NC(=O)Nc2ccc(Cl)c(C(F)(F)F)c2)cc1Oc1ccc2c(=O)n(C)cnc2c1. The van der Waals surface area contributed by atoms with Crippen molar-refractivity contribution in [1.82, 2.24) is 9.55 Å². The molecule has 0 radical (unpaired) electrons. The molecule has 2 amide bonds. The third kappa shape index (κ3) is 5.38. The minimum Gasteiger partial charge on any atom is -0.457 e. The lowest BCUT2D eigenvalue weighted by molar-refractivity contribution is -0.137. The minimum atomic E-state index is -4.65. The number of fused-ring (bicyclic) bond motifs is 1. The number of anilines is 2. The van der Waals surface area contributed by atoms with E-state index in [1.54, 1.807) is 50.4 Å². The molecule has 0 bridgehead atoms. The molecule has 4 rings (SSSR count). The Hall–Kier alpha value is -4.05. The molecule has 11 heteroatoms. The molecule has 0 aliphatic carbocycles. The predicted molar refractivity (Wildman–Crippen MR) is 127 cm³/mol. The van der Waals surface area contributed by atoms with Crippen molar-refractivity contribution in [3.8, 4) is 11.5 Å². The summed E-state index contributed by atoms with van der Waals surface area (Å²) in [4.78, 5) is 28.8. The fraction of sp³-hybridized carbons (Fsp3) is 0.125. The molecular weight excluding hydrogens is 485 g/mol. The van der Waals surface area contributed by atoms with Gasteiger partial charge < -0.3 is 19.9 Å². The molecule has 0 saturated carbocycles. The number of hydrogen-bond acceptors (Lipinski definition) is 4. The Balaban J connectivity index is 1.51. The van der Waals surface area contributed by atoms with Crippen LogP contribution in [0.5, 0.6) is 11.5 Å². The van der Waals surface area contributed by atoms with Crippen LogP contribution in [-0.4, -0.2) is 15.6 Å². The van der Waals surface area contributed by atoms with Crippen molar-refractivity contribution in [1.29, 1.82) is 0 Å². The first-order valence-corrected chi connectivity index (χ1v) is 10.6. The molecule has 35 heavy (non-hydrogen) atoms. The first-order valence-electron chi connectivity index (χ1n) is 10.2. The summed E-state index contributed by atoms with van der Waals surface area (Å²) < 4.78 is 46.5. The number of ether oxygens (including phenoxy) is 1. The van der Waals surface area contributed by atoms with Crippen LogP contribution in [-0.2, 0) is 13.2 Å². The molecular formula is C24H18ClF3N4O3. The maximum Gasteiger partial charge on any atom is 0.417 e. The van der Waals surface area contributed by atoms with Gasteiger partial charge in [-0.3, -0.25) is 4.79 Å². The van der Waals surface area contributed by atoms with Crippen LogP contribution in [0, 0.1) is 6.92 Å². The Morgan fingerprint density at radius 3 is 2.43 bits per heavy atom. The molecule has 7 nitrogen and oxygen atoms in total. The van der Waals surface area contributed by atoms with Crippen LogP contribution >= 0.6 is 11.6 Å². The Morgan fingerprint density at radius 1 is 1.03 bits per heavy atom. The summed E-state index contributed by atoms with van der Waals surface area (Å²) in [7, 11) is 1.61. The normalized spacial score (nSPS) is 11.4. The smallest absolute Gasteiger partial charge is 0.417 e. The van der Waals surface area contributed by atoms with Crippen LogP contribution in [0.15, 0.2) is 65.7 Å². The Kier molecular flexibility index (Phi) is 6.40. The number of carbonyl (C=O) groups is 1. The van der Waals surface area contributed by atoms with E-state index in [1.807, 2.05) is 0 Å². The molecule has 0 fully saturated rings.